The maximum atomic E-state index is 13.2. The van der Waals surface area contributed by atoms with E-state index in [0.717, 1.165) is 59.3 Å². The van der Waals surface area contributed by atoms with Gasteiger partial charge in [-0.2, -0.15) is 0 Å². The van der Waals surface area contributed by atoms with Crippen molar-refractivity contribution in [1.29, 1.82) is 0 Å². The molecule has 294 valence electrons. The molecule has 2 fully saturated rings. The Balaban J connectivity index is 1.17. The van der Waals surface area contributed by atoms with Crippen LogP contribution >= 0.6 is 23.2 Å². The molecule has 2 aliphatic carbocycles. The summed E-state index contributed by atoms with van der Waals surface area (Å²) in [6.07, 6.45) is 2.47. The summed E-state index contributed by atoms with van der Waals surface area (Å²) in [5.74, 6) is 0.275. The molecule has 1 heterocycles. The molecule has 3 aromatic rings. The van der Waals surface area contributed by atoms with Crippen molar-refractivity contribution in [3.63, 3.8) is 0 Å². The van der Waals surface area contributed by atoms with Gasteiger partial charge in [0.1, 0.15) is 30.2 Å². The zero-order valence-corrected chi connectivity index (χ0v) is 32.3. The van der Waals surface area contributed by atoms with Crippen molar-refractivity contribution in [1.82, 2.24) is 14.8 Å². The van der Waals surface area contributed by atoms with Crippen LogP contribution in [0, 0.1) is 0 Å². The minimum atomic E-state index is -1.83. The number of nitrogens with zero attached hydrogens (tertiary/aromatic N) is 3. The van der Waals surface area contributed by atoms with E-state index in [1.165, 1.54) is 9.80 Å². The molecule has 2 amide bonds. The molecule has 0 aliphatic heterocycles. The SMILES string of the molecule is CN(C)C(=O)CCN(CC(O)C(O)C(O)C(O)CO)C(=O)CCCCc1cc(Cl)c(COC2(c3cnccc3-c3ccccc3OC3CC3)CC2)cc1Cl. The Morgan fingerprint density at radius 1 is 0.907 bits per heavy atom. The van der Waals surface area contributed by atoms with Gasteiger partial charge in [-0.1, -0.05) is 41.4 Å². The van der Waals surface area contributed by atoms with E-state index in [9.17, 15) is 30.0 Å². The Bertz CT molecular complexity index is 1740. The van der Waals surface area contributed by atoms with Gasteiger partial charge in [0.05, 0.1) is 24.9 Å². The van der Waals surface area contributed by atoms with Crippen LogP contribution in [0.5, 0.6) is 5.75 Å². The number of pyridine rings is 1. The quantitative estimate of drug-likeness (QED) is 0.0983. The first kappa shape index (κ1) is 41.8. The second-order valence-corrected chi connectivity index (χ2v) is 15.3. The molecule has 2 saturated carbocycles. The molecule has 14 heteroatoms. The van der Waals surface area contributed by atoms with Gasteiger partial charge in [-0.3, -0.25) is 14.6 Å². The highest BCUT2D eigenvalue weighted by Gasteiger charge is 2.48. The lowest BCUT2D eigenvalue weighted by Crippen LogP contribution is -2.51. The molecular formula is C40H51Cl2N3O9. The largest absolute Gasteiger partial charge is 0.490 e. The van der Waals surface area contributed by atoms with E-state index in [1.54, 1.807) is 20.3 Å². The summed E-state index contributed by atoms with van der Waals surface area (Å²) in [5.41, 5.74) is 4.14. The first-order chi connectivity index (χ1) is 25.8. The number of aromatic nitrogens is 1. The lowest BCUT2D eigenvalue weighted by Gasteiger charge is -2.30. The standard InChI is InChI=1S/C40H51Cl2N3O9/c1-44(2)36(49)14-18-45(22-33(47)38(51)39(52)34(48)23-46)37(50)10-6-3-7-25-19-32(42)26(20-31(25)41)24-53-40(15-16-40)30-21-43-17-13-28(30)29-8-4-5-9-35(29)54-27-11-12-27/h4-5,8-9,13,17,19-21,27,33-34,38-39,46-48,51-52H,3,6-7,10-12,14-16,18,22-24H2,1-2H3. The maximum absolute atomic E-state index is 13.2. The van der Waals surface area contributed by atoms with E-state index < -0.39 is 36.6 Å². The van der Waals surface area contributed by atoms with Crippen LogP contribution in [0.15, 0.2) is 54.9 Å². The second kappa shape index (κ2) is 19.0. The van der Waals surface area contributed by atoms with Crippen molar-refractivity contribution in [3.05, 3.63) is 81.6 Å². The fourth-order valence-corrected chi connectivity index (χ4v) is 6.84. The van der Waals surface area contributed by atoms with Gasteiger partial charge < -0.3 is 44.8 Å². The van der Waals surface area contributed by atoms with Gasteiger partial charge in [-0.15, -0.1) is 0 Å². The number of hydrogen-bond acceptors (Lipinski definition) is 10. The lowest BCUT2D eigenvalue weighted by atomic mass is 9.96. The van der Waals surface area contributed by atoms with Crippen molar-refractivity contribution < 1.29 is 44.6 Å². The van der Waals surface area contributed by atoms with E-state index >= 15 is 0 Å². The molecule has 2 aliphatic rings. The number of amides is 2. The number of ether oxygens (including phenoxy) is 2. The summed E-state index contributed by atoms with van der Waals surface area (Å²) in [7, 11) is 3.18. The number of carbonyl (C=O) groups excluding carboxylic acids is 2. The normalized spacial score (nSPS) is 17.0. The number of aliphatic hydroxyl groups excluding tert-OH is 5. The first-order valence-corrected chi connectivity index (χ1v) is 19.2. The van der Waals surface area contributed by atoms with Crippen molar-refractivity contribution in [2.75, 3.05) is 33.8 Å². The third-order valence-electron chi connectivity index (χ3n) is 10.00. The molecule has 5 N–H and O–H groups in total. The molecule has 2 aromatic carbocycles. The summed E-state index contributed by atoms with van der Waals surface area (Å²) >= 11 is 13.5. The summed E-state index contributed by atoms with van der Waals surface area (Å²) < 4.78 is 12.8. The van der Waals surface area contributed by atoms with E-state index in [-0.39, 0.29) is 50.5 Å². The van der Waals surface area contributed by atoms with E-state index in [4.69, 9.17) is 37.8 Å². The highest BCUT2D eigenvalue weighted by atomic mass is 35.5. The Hall–Kier alpha value is -3.33. The minimum Gasteiger partial charge on any atom is -0.490 e. The zero-order valence-electron chi connectivity index (χ0n) is 30.7. The Morgan fingerprint density at radius 3 is 2.28 bits per heavy atom. The monoisotopic (exact) mass is 787 g/mol. The van der Waals surface area contributed by atoms with E-state index in [1.807, 2.05) is 42.6 Å². The average molecular weight is 789 g/mol. The zero-order chi connectivity index (χ0) is 39.0. The average Bonchev–Trinajstić information content (AvgIpc) is 4.12. The molecule has 0 radical (unpaired) electrons. The van der Waals surface area contributed by atoms with Crippen LogP contribution < -0.4 is 4.74 Å². The molecule has 0 bridgehead atoms. The molecular weight excluding hydrogens is 737 g/mol. The lowest BCUT2D eigenvalue weighted by molar-refractivity contribution is -0.141. The van der Waals surface area contributed by atoms with Crippen LogP contribution in [0.2, 0.25) is 10.0 Å². The number of halogens is 2. The Kier molecular flexibility index (Phi) is 14.7. The van der Waals surface area contributed by atoms with Gasteiger partial charge in [-0.25, -0.2) is 0 Å². The van der Waals surface area contributed by atoms with Crippen LogP contribution in [0.4, 0.5) is 0 Å². The van der Waals surface area contributed by atoms with E-state index in [0.29, 0.717) is 29.3 Å². The van der Waals surface area contributed by atoms with Crippen LogP contribution in [0.3, 0.4) is 0 Å². The van der Waals surface area contributed by atoms with Crippen LogP contribution in [-0.4, -0.2) is 116 Å². The topological polar surface area (TPSA) is 173 Å². The van der Waals surface area contributed by atoms with Crippen molar-refractivity contribution in [3.8, 4) is 16.9 Å². The summed E-state index contributed by atoms with van der Waals surface area (Å²) in [4.78, 5) is 32.5. The number of benzene rings is 2. The fraction of sp³-hybridized carbons (Fsp3) is 0.525. The number of aliphatic hydroxyl groups is 5. The number of rotatable bonds is 21. The number of para-hydroxylation sites is 1. The maximum Gasteiger partial charge on any atom is 0.223 e. The number of aryl methyl sites for hydroxylation is 1. The summed E-state index contributed by atoms with van der Waals surface area (Å²) in [5, 5.41) is 50.6. The Morgan fingerprint density at radius 2 is 1.59 bits per heavy atom. The van der Waals surface area contributed by atoms with Gasteiger partial charge >= 0.3 is 0 Å². The van der Waals surface area contributed by atoms with Crippen LogP contribution in [0.1, 0.15) is 68.1 Å². The number of unbranched alkanes of at least 4 members (excludes halogenated alkanes) is 1. The third kappa shape index (κ3) is 10.9. The highest BCUT2D eigenvalue weighted by molar-refractivity contribution is 6.34. The smallest absolute Gasteiger partial charge is 0.223 e. The minimum absolute atomic E-state index is 0.0125. The molecule has 12 nitrogen and oxygen atoms in total. The van der Waals surface area contributed by atoms with Gasteiger partial charge in [0.2, 0.25) is 11.8 Å². The fourth-order valence-electron chi connectivity index (χ4n) is 6.32. The molecule has 0 saturated heterocycles. The number of hydrogen-bond donors (Lipinski definition) is 5. The summed E-state index contributed by atoms with van der Waals surface area (Å²) in [6.45, 7) is -0.970. The molecule has 4 unspecified atom stereocenters. The van der Waals surface area contributed by atoms with E-state index in [2.05, 4.69) is 11.1 Å². The van der Waals surface area contributed by atoms with Gasteiger partial charge in [0.25, 0.3) is 0 Å². The van der Waals surface area contributed by atoms with Crippen LogP contribution in [0.25, 0.3) is 11.1 Å². The predicted molar refractivity (Wildman–Crippen MR) is 204 cm³/mol. The number of carbonyl (C=O) groups is 2. The molecule has 1 aromatic heterocycles. The first-order valence-electron chi connectivity index (χ1n) is 18.5. The molecule has 54 heavy (non-hydrogen) atoms. The van der Waals surface area contributed by atoms with Crippen molar-refractivity contribution >= 4 is 35.0 Å². The molecule has 0 spiro atoms. The van der Waals surface area contributed by atoms with Gasteiger partial charge in [-0.05, 0) is 85.9 Å². The Labute approximate surface area is 326 Å². The highest BCUT2D eigenvalue weighted by Crippen LogP contribution is 2.53. The second-order valence-electron chi connectivity index (χ2n) is 14.4. The van der Waals surface area contributed by atoms with Crippen molar-refractivity contribution in [2.45, 2.75) is 101 Å². The third-order valence-corrected chi connectivity index (χ3v) is 10.7. The predicted octanol–water partition coefficient (Wildman–Crippen LogP) is 4.26. The van der Waals surface area contributed by atoms with Crippen molar-refractivity contribution in [2.24, 2.45) is 0 Å². The van der Waals surface area contributed by atoms with Crippen LogP contribution in [-0.2, 0) is 33.0 Å². The molecule has 4 atom stereocenters. The summed E-state index contributed by atoms with van der Waals surface area (Å²) in [6, 6.07) is 13.7. The van der Waals surface area contributed by atoms with Gasteiger partial charge in [0, 0.05) is 73.6 Å². The van der Waals surface area contributed by atoms with Gasteiger partial charge in [0.15, 0.2) is 0 Å². The molecule has 5 rings (SSSR count).